The van der Waals surface area contributed by atoms with Gasteiger partial charge in [0.2, 0.25) is 0 Å². The molecule has 7 nitrogen and oxygen atoms in total. The minimum atomic E-state index is -0.437. The highest BCUT2D eigenvalue weighted by molar-refractivity contribution is 5.94. The Morgan fingerprint density at radius 1 is 1.15 bits per heavy atom. The lowest BCUT2D eigenvalue weighted by molar-refractivity contribution is 0.0954. The monoisotopic (exact) mass is 354 g/mol. The molecule has 0 spiro atoms. The molecular weight excluding hydrogens is 335 g/mol. The molecule has 0 unspecified atom stereocenters. The van der Waals surface area contributed by atoms with E-state index in [9.17, 15) is 9.18 Å². The highest BCUT2D eigenvalue weighted by Gasteiger charge is 2.07. The fourth-order valence-corrected chi connectivity index (χ4v) is 2.52. The standard InChI is InChI=1S/C18H19FN6O/c1-12-8-13(2)25(24-12)17-10-16(22-11-23-17)20-6-7-21-18(26)14-4-3-5-15(19)9-14/h3-5,8-11H,6-7H2,1-2H3,(H,21,26)(H,20,22,23). The number of nitrogens with zero attached hydrogens (tertiary/aromatic N) is 4. The molecule has 1 amide bonds. The summed E-state index contributed by atoms with van der Waals surface area (Å²) in [5, 5.41) is 10.2. The number of carbonyl (C=O) groups is 1. The van der Waals surface area contributed by atoms with Gasteiger partial charge in [0.25, 0.3) is 5.91 Å². The van der Waals surface area contributed by atoms with Gasteiger partial charge in [0.15, 0.2) is 5.82 Å². The van der Waals surface area contributed by atoms with Gasteiger partial charge in [-0.15, -0.1) is 0 Å². The molecule has 0 radical (unpaired) electrons. The van der Waals surface area contributed by atoms with Crippen LogP contribution in [0.3, 0.4) is 0 Å². The summed E-state index contributed by atoms with van der Waals surface area (Å²) in [6, 6.07) is 9.33. The molecule has 3 rings (SSSR count). The summed E-state index contributed by atoms with van der Waals surface area (Å²) in [6.45, 7) is 4.71. The van der Waals surface area contributed by atoms with Crippen LogP contribution in [-0.4, -0.2) is 38.7 Å². The Kier molecular flexibility index (Phi) is 5.21. The van der Waals surface area contributed by atoms with E-state index in [1.54, 1.807) is 16.8 Å². The number of hydrogen-bond acceptors (Lipinski definition) is 5. The first-order valence-corrected chi connectivity index (χ1v) is 8.16. The SMILES string of the molecule is Cc1cc(C)n(-c2cc(NCCNC(=O)c3cccc(F)c3)ncn2)n1. The minimum absolute atomic E-state index is 0.291. The van der Waals surface area contributed by atoms with Crippen molar-refractivity contribution in [3.63, 3.8) is 0 Å². The number of carbonyl (C=O) groups excluding carboxylic acids is 1. The maximum absolute atomic E-state index is 13.1. The van der Waals surface area contributed by atoms with Crippen LogP contribution < -0.4 is 10.6 Å². The van der Waals surface area contributed by atoms with Gasteiger partial charge in [0.1, 0.15) is 18.0 Å². The van der Waals surface area contributed by atoms with Gasteiger partial charge >= 0.3 is 0 Å². The van der Waals surface area contributed by atoms with Gasteiger partial charge in [0, 0.05) is 30.4 Å². The highest BCUT2D eigenvalue weighted by atomic mass is 19.1. The quantitative estimate of drug-likeness (QED) is 0.663. The predicted octanol–water partition coefficient (Wildman–Crippen LogP) is 2.26. The van der Waals surface area contributed by atoms with Crippen LogP contribution in [0.5, 0.6) is 0 Å². The van der Waals surface area contributed by atoms with Crippen LogP contribution >= 0.6 is 0 Å². The van der Waals surface area contributed by atoms with Gasteiger partial charge in [-0.05, 0) is 38.1 Å². The van der Waals surface area contributed by atoms with Crippen molar-refractivity contribution in [2.45, 2.75) is 13.8 Å². The van der Waals surface area contributed by atoms with Crippen LogP contribution in [0.4, 0.5) is 10.2 Å². The Labute approximate surface area is 150 Å². The second-order valence-corrected chi connectivity index (χ2v) is 5.79. The van der Waals surface area contributed by atoms with E-state index in [4.69, 9.17) is 0 Å². The molecule has 1 aromatic carbocycles. The average Bonchev–Trinajstić information content (AvgIpc) is 2.97. The lowest BCUT2D eigenvalue weighted by Crippen LogP contribution is -2.29. The van der Waals surface area contributed by atoms with Crippen molar-refractivity contribution >= 4 is 11.7 Å². The lowest BCUT2D eigenvalue weighted by atomic mass is 10.2. The normalized spacial score (nSPS) is 10.6. The zero-order valence-electron chi connectivity index (χ0n) is 14.5. The van der Waals surface area contributed by atoms with E-state index < -0.39 is 5.82 Å². The van der Waals surface area contributed by atoms with Gasteiger partial charge in [0.05, 0.1) is 5.69 Å². The second kappa shape index (κ2) is 7.73. The van der Waals surface area contributed by atoms with E-state index >= 15 is 0 Å². The van der Waals surface area contributed by atoms with Gasteiger partial charge in [-0.25, -0.2) is 19.0 Å². The first kappa shape index (κ1) is 17.5. The summed E-state index contributed by atoms with van der Waals surface area (Å²) < 4.78 is 14.9. The summed E-state index contributed by atoms with van der Waals surface area (Å²) >= 11 is 0. The molecule has 134 valence electrons. The number of halogens is 1. The van der Waals surface area contributed by atoms with Crippen molar-refractivity contribution in [2.24, 2.45) is 0 Å². The molecule has 8 heteroatoms. The summed E-state index contributed by atoms with van der Waals surface area (Å²) in [4.78, 5) is 20.3. The van der Waals surface area contributed by atoms with Gasteiger partial charge in [-0.2, -0.15) is 5.10 Å². The van der Waals surface area contributed by atoms with E-state index in [1.165, 1.54) is 24.5 Å². The molecule has 0 atom stereocenters. The van der Waals surface area contributed by atoms with Crippen molar-refractivity contribution < 1.29 is 9.18 Å². The van der Waals surface area contributed by atoms with Gasteiger partial charge < -0.3 is 10.6 Å². The predicted molar refractivity (Wildman–Crippen MR) is 95.9 cm³/mol. The topological polar surface area (TPSA) is 84.7 Å². The molecule has 0 aliphatic carbocycles. The highest BCUT2D eigenvalue weighted by Crippen LogP contribution is 2.12. The fourth-order valence-electron chi connectivity index (χ4n) is 2.52. The van der Waals surface area contributed by atoms with Crippen LogP contribution in [0.2, 0.25) is 0 Å². The third-order valence-corrected chi connectivity index (χ3v) is 3.68. The molecule has 0 saturated carbocycles. The van der Waals surface area contributed by atoms with Crippen LogP contribution in [-0.2, 0) is 0 Å². The minimum Gasteiger partial charge on any atom is -0.368 e. The number of aromatic nitrogens is 4. The van der Waals surface area contributed by atoms with Crippen molar-refractivity contribution in [1.29, 1.82) is 0 Å². The van der Waals surface area contributed by atoms with E-state index in [2.05, 4.69) is 25.7 Å². The molecule has 0 aliphatic heterocycles. The first-order chi connectivity index (χ1) is 12.5. The Balaban J connectivity index is 1.55. The molecule has 0 saturated heterocycles. The first-order valence-electron chi connectivity index (χ1n) is 8.16. The summed E-state index contributed by atoms with van der Waals surface area (Å²) in [5.74, 6) is 0.533. The average molecular weight is 354 g/mol. The molecule has 2 aromatic heterocycles. The Bertz CT molecular complexity index is 924. The fraction of sp³-hybridized carbons (Fsp3) is 0.222. The zero-order chi connectivity index (χ0) is 18.5. The van der Waals surface area contributed by atoms with Crippen molar-refractivity contribution in [1.82, 2.24) is 25.1 Å². The molecule has 0 bridgehead atoms. The summed E-state index contributed by atoms with van der Waals surface area (Å²) in [5.41, 5.74) is 2.18. The molecule has 2 heterocycles. The molecule has 0 aliphatic rings. The summed E-state index contributed by atoms with van der Waals surface area (Å²) in [7, 11) is 0. The van der Waals surface area contributed by atoms with Crippen molar-refractivity contribution in [2.75, 3.05) is 18.4 Å². The van der Waals surface area contributed by atoms with E-state index in [0.29, 0.717) is 30.3 Å². The van der Waals surface area contributed by atoms with Gasteiger partial charge in [-0.1, -0.05) is 6.07 Å². The Morgan fingerprint density at radius 2 is 2.00 bits per heavy atom. The number of benzene rings is 1. The molecule has 3 aromatic rings. The Hall–Kier alpha value is -3.29. The van der Waals surface area contributed by atoms with Crippen molar-refractivity contribution in [3.8, 4) is 5.82 Å². The summed E-state index contributed by atoms with van der Waals surface area (Å²) in [6.07, 6.45) is 1.46. The maximum atomic E-state index is 13.1. The number of aryl methyl sites for hydroxylation is 2. The van der Waals surface area contributed by atoms with Crippen molar-refractivity contribution in [3.05, 3.63) is 65.5 Å². The number of amides is 1. The molecule has 2 N–H and O–H groups in total. The molecular formula is C18H19FN6O. The second-order valence-electron chi connectivity index (χ2n) is 5.79. The number of hydrogen-bond donors (Lipinski definition) is 2. The largest absolute Gasteiger partial charge is 0.368 e. The smallest absolute Gasteiger partial charge is 0.251 e. The third kappa shape index (κ3) is 4.21. The van der Waals surface area contributed by atoms with Crippen LogP contribution in [0, 0.1) is 19.7 Å². The van der Waals surface area contributed by atoms with Crippen LogP contribution in [0.25, 0.3) is 5.82 Å². The third-order valence-electron chi connectivity index (χ3n) is 3.68. The number of anilines is 1. The maximum Gasteiger partial charge on any atom is 0.251 e. The number of nitrogens with one attached hydrogen (secondary N) is 2. The van der Waals surface area contributed by atoms with E-state index in [1.807, 2.05) is 19.9 Å². The van der Waals surface area contributed by atoms with Crippen LogP contribution in [0.15, 0.2) is 42.7 Å². The van der Waals surface area contributed by atoms with E-state index in [-0.39, 0.29) is 5.91 Å². The van der Waals surface area contributed by atoms with E-state index in [0.717, 1.165) is 11.4 Å². The van der Waals surface area contributed by atoms with Gasteiger partial charge in [-0.3, -0.25) is 4.79 Å². The molecule has 26 heavy (non-hydrogen) atoms. The van der Waals surface area contributed by atoms with Crippen LogP contribution in [0.1, 0.15) is 21.7 Å². The lowest BCUT2D eigenvalue weighted by Gasteiger charge is -2.09. The Morgan fingerprint density at radius 3 is 2.73 bits per heavy atom. The number of rotatable bonds is 6. The molecule has 0 fully saturated rings. The zero-order valence-corrected chi connectivity index (χ0v) is 14.5.